The van der Waals surface area contributed by atoms with Gasteiger partial charge in [-0.2, -0.15) is 0 Å². The maximum atomic E-state index is 12.8. The van der Waals surface area contributed by atoms with Gasteiger partial charge < -0.3 is 21.3 Å². The Balaban J connectivity index is 1.84. The van der Waals surface area contributed by atoms with E-state index in [9.17, 15) is 24.3 Å². The van der Waals surface area contributed by atoms with Crippen molar-refractivity contribution >= 4 is 69.2 Å². The zero-order valence-corrected chi connectivity index (χ0v) is 16.3. The number of nitrogens with zero attached hydrogens (tertiary/aromatic N) is 2. The maximum absolute atomic E-state index is 12.8. The Bertz CT molecular complexity index is 943. The Morgan fingerprint density at radius 1 is 1.39 bits per heavy atom. The minimum atomic E-state index is -1.25. The number of nitrogen functional groups attached to an aromatic ring is 1. The summed E-state index contributed by atoms with van der Waals surface area (Å²) in [4.78, 5) is 52.4. The molecule has 13 heteroatoms. The number of hydrogen-bond acceptors (Lipinski definition) is 8. The number of fused-ring (bicyclic) bond motifs is 1. The minimum absolute atomic E-state index is 0.0947. The number of carboxylic acids is 2. The third-order valence-corrected chi connectivity index (χ3v) is 6.12. The van der Waals surface area contributed by atoms with Crippen LogP contribution in [0.25, 0.3) is 5.57 Å². The number of carboxylic acid groups (broad SMARTS) is 2. The molecule has 2 atom stereocenters. The number of β-lactam (4-membered cyclic amide) rings is 1. The lowest BCUT2D eigenvalue weighted by Crippen LogP contribution is -2.70. The van der Waals surface area contributed by atoms with Crippen molar-refractivity contribution in [1.82, 2.24) is 15.2 Å². The van der Waals surface area contributed by atoms with Gasteiger partial charge in [-0.25, -0.2) is 9.78 Å². The fourth-order valence-corrected chi connectivity index (χ4v) is 4.80. The number of aliphatic carboxylic acids is 2. The molecule has 28 heavy (non-hydrogen) atoms. The summed E-state index contributed by atoms with van der Waals surface area (Å²) in [6.45, 7) is 0. The number of rotatable bonds is 6. The summed E-state index contributed by atoms with van der Waals surface area (Å²) < 4.78 is 0. The Morgan fingerprint density at radius 2 is 2.11 bits per heavy atom. The largest absolute Gasteiger partial charge is 0.481 e. The molecule has 3 rings (SSSR count). The molecule has 2 aliphatic heterocycles. The standard InChI is InChI=1S/C15H13ClN4O6S2/c16-5(3-8(21)22)9(6-4-28-15(17)18-6)11(23)19-10-12(24)20-7(14(25)26)1-2-27-13(10)20/h1,4,10,13H,2-3H2,(H2,17,18)(H,19,23)(H,21,22)(H,25,26)/t10-,13+/m1/s1. The number of thiazole rings is 1. The highest BCUT2D eigenvalue weighted by Gasteiger charge is 2.53. The van der Waals surface area contributed by atoms with Crippen LogP contribution < -0.4 is 11.1 Å². The van der Waals surface area contributed by atoms with Crippen LogP contribution in [0.1, 0.15) is 12.1 Å². The van der Waals surface area contributed by atoms with Crippen LogP contribution in [0.2, 0.25) is 0 Å². The van der Waals surface area contributed by atoms with Crippen LogP contribution in [-0.2, 0) is 19.2 Å². The molecule has 3 heterocycles. The van der Waals surface area contributed by atoms with E-state index in [1.807, 2.05) is 0 Å². The molecule has 1 saturated heterocycles. The summed E-state index contributed by atoms with van der Waals surface area (Å²) in [6, 6.07) is -0.971. The Labute approximate surface area is 171 Å². The van der Waals surface area contributed by atoms with Crippen molar-refractivity contribution in [2.75, 3.05) is 11.5 Å². The van der Waals surface area contributed by atoms with E-state index < -0.39 is 41.6 Å². The molecule has 148 valence electrons. The molecule has 2 aliphatic rings. The highest BCUT2D eigenvalue weighted by Crippen LogP contribution is 2.38. The van der Waals surface area contributed by atoms with Gasteiger partial charge in [0.05, 0.1) is 17.7 Å². The molecule has 0 aromatic carbocycles. The molecular formula is C15H13ClN4O6S2. The Hall–Kier alpha value is -2.57. The van der Waals surface area contributed by atoms with E-state index >= 15 is 0 Å². The van der Waals surface area contributed by atoms with Crippen molar-refractivity contribution in [3.05, 3.63) is 27.9 Å². The van der Waals surface area contributed by atoms with Crippen molar-refractivity contribution in [3.63, 3.8) is 0 Å². The normalized spacial score (nSPS) is 21.8. The summed E-state index contributed by atoms with van der Waals surface area (Å²) in [5.74, 6) is -3.48. The van der Waals surface area contributed by atoms with Crippen molar-refractivity contribution in [2.24, 2.45) is 0 Å². The molecule has 0 bridgehead atoms. The van der Waals surface area contributed by atoms with Crippen LogP contribution in [0.4, 0.5) is 5.13 Å². The van der Waals surface area contributed by atoms with E-state index in [-0.39, 0.29) is 27.1 Å². The molecule has 0 aliphatic carbocycles. The first-order chi connectivity index (χ1) is 13.2. The second-order valence-electron chi connectivity index (χ2n) is 5.70. The molecule has 0 spiro atoms. The number of nitrogens with one attached hydrogen (secondary N) is 1. The van der Waals surface area contributed by atoms with E-state index in [0.717, 1.165) is 16.2 Å². The van der Waals surface area contributed by atoms with Gasteiger partial charge in [0.2, 0.25) is 0 Å². The van der Waals surface area contributed by atoms with Gasteiger partial charge in [-0.1, -0.05) is 11.6 Å². The number of thioether (sulfide) groups is 1. The van der Waals surface area contributed by atoms with Crippen LogP contribution in [0.3, 0.4) is 0 Å². The molecule has 5 N–H and O–H groups in total. The molecule has 0 saturated carbocycles. The quantitative estimate of drug-likeness (QED) is 0.361. The predicted octanol–water partition coefficient (Wildman–Crippen LogP) is 0.518. The second-order valence-corrected chi connectivity index (χ2v) is 8.19. The molecular weight excluding hydrogens is 432 g/mol. The predicted molar refractivity (Wildman–Crippen MR) is 102 cm³/mol. The lowest BCUT2D eigenvalue weighted by molar-refractivity contribution is -0.150. The summed E-state index contributed by atoms with van der Waals surface area (Å²) in [6.07, 6.45) is 0.809. The van der Waals surface area contributed by atoms with Crippen LogP contribution >= 0.6 is 34.7 Å². The van der Waals surface area contributed by atoms with E-state index in [2.05, 4.69) is 10.3 Å². The summed E-state index contributed by atoms with van der Waals surface area (Å²) in [7, 11) is 0. The van der Waals surface area contributed by atoms with Crippen LogP contribution in [0.5, 0.6) is 0 Å². The fourth-order valence-electron chi connectivity index (χ4n) is 2.75. The number of nitrogens with two attached hydrogens (primary N) is 1. The summed E-state index contributed by atoms with van der Waals surface area (Å²) in [5.41, 5.74) is 5.34. The molecule has 1 aromatic rings. The Morgan fingerprint density at radius 3 is 2.68 bits per heavy atom. The number of carbonyl (C=O) groups excluding carboxylic acids is 2. The monoisotopic (exact) mass is 444 g/mol. The van der Waals surface area contributed by atoms with Gasteiger partial charge in [-0.05, 0) is 6.08 Å². The molecule has 0 radical (unpaired) electrons. The number of hydrogen-bond donors (Lipinski definition) is 4. The third-order valence-electron chi connectivity index (χ3n) is 3.93. The average Bonchev–Trinajstić information content (AvgIpc) is 3.03. The number of carbonyl (C=O) groups is 4. The van der Waals surface area contributed by atoms with E-state index in [1.165, 1.54) is 23.2 Å². The number of aromatic nitrogens is 1. The van der Waals surface area contributed by atoms with Gasteiger partial charge in [0.25, 0.3) is 11.8 Å². The fraction of sp³-hybridized carbons (Fsp3) is 0.267. The zero-order chi connectivity index (χ0) is 20.6. The number of anilines is 1. The van der Waals surface area contributed by atoms with E-state index in [0.29, 0.717) is 5.75 Å². The molecule has 2 amide bonds. The Kier molecular flexibility index (Phi) is 5.63. The van der Waals surface area contributed by atoms with Crippen LogP contribution in [-0.4, -0.2) is 61.0 Å². The second kappa shape index (κ2) is 7.81. The highest BCUT2D eigenvalue weighted by molar-refractivity contribution is 8.00. The van der Waals surface area contributed by atoms with Gasteiger partial charge in [-0.15, -0.1) is 23.1 Å². The SMILES string of the molecule is Nc1nc(C(C(=O)N[C@@H]2C(=O)N3C(C(=O)O)=CCS[C@@H]23)=C(Cl)CC(=O)O)cs1. The maximum Gasteiger partial charge on any atom is 0.352 e. The van der Waals surface area contributed by atoms with Gasteiger partial charge in [0.15, 0.2) is 5.13 Å². The third kappa shape index (κ3) is 3.70. The minimum Gasteiger partial charge on any atom is -0.481 e. The lowest BCUT2D eigenvalue weighted by atomic mass is 10.0. The summed E-state index contributed by atoms with van der Waals surface area (Å²) in [5, 5.41) is 21.4. The molecule has 10 nitrogen and oxygen atoms in total. The van der Waals surface area contributed by atoms with Crippen molar-refractivity contribution in [2.45, 2.75) is 17.8 Å². The summed E-state index contributed by atoms with van der Waals surface area (Å²) >= 11 is 8.37. The van der Waals surface area contributed by atoms with Gasteiger partial charge in [0.1, 0.15) is 17.1 Å². The number of halogens is 1. The first-order valence-electron chi connectivity index (χ1n) is 7.71. The van der Waals surface area contributed by atoms with Gasteiger partial charge in [-0.3, -0.25) is 19.3 Å². The van der Waals surface area contributed by atoms with Gasteiger partial charge >= 0.3 is 11.9 Å². The molecule has 0 unspecified atom stereocenters. The van der Waals surface area contributed by atoms with E-state index in [1.54, 1.807) is 0 Å². The van der Waals surface area contributed by atoms with Crippen molar-refractivity contribution < 1.29 is 29.4 Å². The van der Waals surface area contributed by atoms with Crippen molar-refractivity contribution in [3.8, 4) is 0 Å². The zero-order valence-electron chi connectivity index (χ0n) is 13.9. The average molecular weight is 445 g/mol. The molecule has 1 fully saturated rings. The van der Waals surface area contributed by atoms with E-state index in [4.69, 9.17) is 22.4 Å². The van der Waals surface area contributed by atoms with Crippen molar-refractivity contribution in [1.29, 1.82) is 0 Å². The highest BCUT2D eigenvalue weighted by atomic mass is 35.5. The smallest absolute Gasteiger partial charge is 0.352 e. The topological polar surface area (TPSA) is 163 Å². The lowest BCUT2D eigenvalue weighted by Gasteiger charge is -2.48. The first kappa shape index (κ1) is 20.2. The van der Waals surface area contributed by atoms with Crippen LogP contribution in [0, 0.1) is 0 Å². The van der Waals surface area contributed by atoms with Gasteiger partial charge in [0, 0.05) is 16.2 Å². The number of amides is 2. The molecule has 1 aromatic heterocycles. The van der Waals surface area contributed by atoms with Crippen LogP contribution in [0.15, 0.2) is 22.2 Å². The first-order valence-corrected chi connectivity index (χ1v) is 10.0.